The largest absolute Gasteiger partial charge is 0.421 e. The molecule has 3 aliphatic heterocycles. The van der Waals surface area contributed by atoms with E-state index in [1.54, 1.807) is 0 Å². The minimum atomic E-state index is -4.80. The van der Waals surface area contributed by atoms with Crippen molar-refractivity contribution in [2.75, 3.05) is 13.1 Å². The second-order valence-corrected chi connectivity index (χ2v) is 8.27. The Morgan fingerprint density at radius 1 is 1.33 bits per heavy atom. The van der Waals surface area contributed by atoms with Crippen molar-refractivity contribution in [3.63, 3.8) is 0 Å². The number of hydroxylamine groups is 2. The number of nitrogens with zero attached hydrogens (tertiary/aromatic N) is 5. The standard InChI is InChI=1S/C13H17N7O6S/c14-11-15-4-6(16-11)9-17-18-10(25-9)7-3-13(1-2-13)8-5-19(7)12(21)20(8)26-27(22,23)24/h6-8H,1-5H2,(H3,14,15,16)(H,22,23,24). The first-order valence-electron chi connectivity index (χ1n) is 8.42. The lowest BCUT2D eigenvalue weighted by molar-refractivity contribution is -0.0530. The molecule has 4 aliphatic rings. The molecule has 146 valence electrons. The second-order valence-electron chi connectivity index (χ2n) is 7.26. The molecule has 0 radical (unpaired) electrons. The minimum Gasteiger partial charge on any atom is -0.421 e. The van der Waals surface area contributed by atoms with Gasteiger partial charge in [0, 0.05) is 6.54 Å². The maximum atomic E-state index is 12.7. The van der Waals surface area contributed by atoms with Crippen molar-refractivity contribution in [2.24, 2.45) is 16.1 Å². The van der Waals surface area contributed by atoms with Crippen LogP contribution in [-0.4, -0.2) is 64.3 Å². The van der Waals surface area contributed by atoms with Crippen LogP contribution in [0.1, 0.15) is 43.1 Å². The molecule has 2 saturated heterocycles. The lowest BCUT2D eigenvalue weighted by atomic mass is 9.85. The highest BCUT2D eigenvalue weighted by Gasteiger charge is 2.65. The van der Waals surface area contributed by atoms with Crippen LogP contribution in [0.25, 0.3) is 0 Å². The van der Waals surface area contributed by atoms with Gasteiger partial charge in [0.15, 0.2) is 5.96 Å². The molecule has 27 heavy (non-hydrogen) atoms. The van der Waals surface area contributed by atoms with Crippen LogP contribution in [0.3, 0.4) is 0 Å². The smallest absolute Gasteiger partial charge is 0.418 e. The Morgan fingerprint density at radius 3 is 2.70 bits per heavy atom. The average molecular weight is 399 g/mol. The number of rotatable bonds is 4. The first-order chi connectivity index (χ1) is 12.8. The van der Waals surface area contributed by atoms with Crippen molar-refractivity contribution in [1.82, 2.24) is 25.5 Å². The first kappa shape index (κ1) is 16.7. The Kier molecular flexibility index (Phi) is 3.28. The topological polar surface area (TPSA) is 176 Å². The fraction of sp³-hybridized carbons (Fsp3) is 0.692. The van der Waals surface area contributed by atoms with Gasteiger partial charge in [-0.2, -0.15) is 13.5 Å². The molecular weight excluding hydrogens is 382 g/mol. The Morgan fingerprint density at radius 2 is 2.07 bits per heavy atom. The molecule has 3 atom stereocenters. The number of piperidine rings is 1. The molecule has 13 nitrogen and oxygen atoms in total. The molecule has 2 bridgehead atoms. The van der Waals surface area contributed by atoms with Crippen molar-refractivity contribution in [2.45, 2.75) is 37.4 Å². The molecular formula is C13H17N7O6S. The summed E-state index contributed by atoms with van der Waals surface area (Å²) >= 11 is 0. The van der Waals surface area contributed by atoms with Gasteiger partial charge in [-0.3, -0.25) is 9.55 Å². The van der Waals surface area contributed by atoms with Crippen molar-refractivity contribution >= 4 is 22.4 Å². The highest BCUT2D eigenvalue weighted by atomic mass is 32.3. The number of fused-ring (bicyclic) bond motifs is 3. The van der Waals surface area contributed by atoms with Gasteiger partial charge in [-0.1, -0.05) is 0 Å². The van der Waals surface area contributed by atoms with E-state index in [-0.39, 0.29) is 23.9 Å². The molecule has 1 aromatic heterocycles. The number of nitrogens with two attached hydrogens (primary N) is 1. The van der Waals surface area contributed by atoms with Crippen LogP contribution in [0.15, 0.2) is 9.41 Å². The van der Waals surface area contributed by atoms with E-state index in [1.807, 2.05) is 0 Å². The number of carbonyl (C=O) groups excluding carboxylic acids is 1. The fourth-order valence-electron chi connectivity index (χ4n) is 4.16. The van der Waals surface area contributed by atoms with Gasteiger partial charge in [-0.15, -0.1) is 14.5 Å². The van der Waals surface area contributed by atoms with Gasteiger partial charge < -0.3 is 20.4 Å². The fourth-order valence-corrected chi connectivity index (χ4v) is 4.53. The van der Waals surface area contributed by atoms with Crippen LogP contribution in [0.4, 0.5) is 4.79 Å². The monoisotopic (exact) mass is 399 g/mol. The maximum Gasteiger partial charge on any atom is 0.418 e. The number of carbonyl (C=O) groups is 1. The van der Waals surface area contributed by atoms with Gasteiger partial charge in [-0.05, 0) is 24.7 Å². The van der Waals surface area contributed by atoms with Crippen LogP contribution >= 0.6 is 0 Å². The molecule has 3 unspecified atom stereocenters. The summed E-state index contributed by atoms with van der Waals surface area (Å²) in [7, 11) is -4.80. The minimum absolute atomic E-state index is 0.258. The highest BCUT2D eigenvalue weighted by molar-refractivity contribution is 7.80. The molecule has 4 heterocycles. The van der Waals surface area contributed by atoms with E-state index < -0.39 is 28.5 Å². The lowest BCUT2D eigenvalue weighted by Gasteiger charge is -2.34. The van der Waals surface area contributed by atoms with Gasteiger partial charge in [0.05, 0.1) is 12.6 Å². The maximum absolute atomic E-state index is 12.7. The van der Waals surface area contributed by atoms with Gasteiger partial charge >= 0.3 is 16.4 Å². The van der Waals surface area contributed by atoms with Crippen molar-refractivity contribution in [3.8, 4) is 0 Å². The number of guanidine groups is 1. The average Bonchev–Trinajstić information content (AvgIpc) is 2.97. The van der Waals surface area contributed by atoms with E-state index in [0.717, 1.165) is 17.9 Å². The van der Waals surface area contributed by atoms with Crippen molar-refractivity contribution in [3.05, 3.63) is 11.8 Å². The van der Waals surface area contributed by atoms with Crippen LogP contribution in [0, 0.1) is 5.41 Å². The number of aliphatic imine (C=N–C) groups is 1. The van der Waals surface area contributed by atoms with E-state index in [0.29, 0.717) is 24.8 Å². The number of hydrogen-bond donors (Lipinski definition) is 3. The summed E-state index contributed by atoms with van der Waals surface area (Å²) in [5.74, 6) is 0.882. The summed E-state index contributed by atoms with van der Waals surface area (Å²) in [5, 5.41) is 11.8. The molecule has 14 heteroatoms. The summed E-state index contributed by atoms with van der Waals surface area (Å²) in [6.45, 7) is 0.636. The summed E-state index contributed by atoms with van der Waals surface area (Å²) in [6, 6.07) is -1.91. The van der Waals surface area contributed by atoms with Gasteiger partial charge in [0.2, 0.25) is 11.8 Å². The lowest BCUT2D eigenvalue weighted by Crippen LogP contribution is -2.43. The molecule has 1 aliphatic carbocycles. The predicted octanol–water partition coefficient (Wildman–Crippen LogP) is -0.906. The summed E-state index contributed by atoms with van der Waals surface area (Å²) in [5.41, 5.74) is 5.31. The van der Waals surface area contributed by atoms with Gasteiger partial charge in [-0.25, -0.2) is 4.79 Å². The molecule has 1 aromatic rings. The third-order valence-electron chi connectivity index (χ3n) is 5.64. The molecule has 2 amide bonds. The first-order valence-corrected chi connectivity index (χ1v) is 9.79. The zero-order valence-electron chi connectivity index (χ0n) is 14.0. The zero-order valence-corrected chi connectivity index (χ0v) is 14.8. The summed E-state index contributed by atoms with van der Waals surface area (Å²) < 4.78 is 41.6. The quantitative estimate of drug-likeness (QED) is 0.537. The Labute approximate surface area is 153 Å². The number of hydrogen-bond acceptors (Lipinski definition) is 10. The van der Waals surface area contributed by atoms with Gasteiger partial charge in [0.25, 0.3) is 0 Å². The highest BCUT2D eigenvalue weighted by Crippen LogP contribution is 2.61. The van der Waals surface area contributed by atoms with Crippen LogP contribution in [0.5, 0.6) is 0 Å². The number of aromatic nitrogens is 2. The molecule has 4 N–H and O–H groups in total. The van der Waals surface area contributed by atoms with Crippen LogP contribution in [-0.2, 0) is 14.7 Å². The van der Waals surface area contributed by atoms with Crippen molar-refractivity contribution in [1.29, 1.82) is 0 Å². The Hall–Kier alpha value is -2.45. The zero-order chi connectivity index (χ0) is 19.0. The molecule has 3 fully saturated rings. The third kappa shape index (κ3) is 2.62. The summed E-state index contributed by atoms with van der Waals surface area (Å²) in [6.07, 6.45) is 2.18. The van der Waals surface area contributed by atoms with E-state index in [1.165, 1.54) is 4.90 Å². The predicted molar refractivity (Wildman–Crippen MR) is 86.1 cm³/mol. The Bertz CT molecular complexity index is 941. The van der Waals surface area contributed by atoms with Crippen LogP contribution in [0.2, 0.25) is 0 Å². The molecule has 1 spiro atoms. The van der Waals surface area contributed by atoms with E-state index in [2.05, 4.69) is 24.8 Å². The number of amides is 2. The molecule has 1 saturated carbocycles. The second kappa shape index (κ2) is 5.30. The number of urea groups is 1. The molecule has 0 aromatic carbocycles. The normalized spacial score (nSPS) is 31.4. The van der Waals surface area contributed by atoms with Crippen molar-refractivity contribution < 1.29 is 26.5 Å². The Balaban J connectivity index is 1.42. The van der Waals surface area contributed by atoms with Crippen LogP contribution < -0.4 is 11.1 Å². The summed E-state index contributed by atoms with van der Waals surface area (Å²) in [4.78, 5) is 18.1. The van der Waals surface area contributed by atoms with E-state index in [4.69, 9.17) is 14.7 Å². The molecule has 5 rings (SSSR count). The number of nitrogens with one attached hydrogen (secondary N) is 1. The van der Waals surface area contributed by atoms with E-state index in [9.17, 15) is 13.2 Å². The SMILES string of the molecule is NC1=NCC(c2nnc(C3CC4(CC4)C4CN3C(=O)N4OS(=O)(=O)O)o2)N1. The van der Waals surface area contributed by atoms with E-state index >= 15 is 0 Å². The van der Waals surface area contributed by atoms with Gasteiger partial charge in [0.1, 0.15) is 12.1 Å². The third-order valence-corrected chi connectivity index (χ3v) is 5.99.